The van der Waals surface area contributed by atoms with Gasteiger partial charge in [-0.3, -0.25) is 0 Å². The highest BCUT2D eigenvalue weighted by Gasteiger charge is 2.08. The predicted octanol–water partition coefficient (Wildman–Crippen LogP) is 1.53. The zero-order valence-corrected chi connectivity index (χ0v) is 8.79. The van der Waals surface area contributed by atoms with Crippen molar-refractivity contribution in [2.75, 3.05) is 0 Å². The van der Waals surface area contributed by atoms with Crippen molar-refractivity contribution < 1.29 is 9.90 Å². The molecule has 0 aliphatic heterocycles. The van der Waals surface area contributed by atoms with E-state index in [4.69, 9.17) is 5.11 Å². The van der Waals surface area contributed by atoms with E-state index in [0.717, 1.165) is 12.1 Å². The number of aryl methyl sites for hydroxylation is 1. The quantitative estimate of drug-likeness (QED) is 0.846. The summed E-state index contributed by atoms with van der Waals surface area (Å²) < 4.78 is 1.45. The average molecular weight is 217 g/mol. The van der Waals surface area contributed by atoms with Crippen molar-refractivity contribution in [3.63, 3.8) is 0 Å². The minimum Gasteiger partial charge on any atom is -0.476 e. The molecular formula is C11H11N3O2. The Balaban J connectivity index is 2.31. The number of aromatic carboxylic acids is 1. The summed E-state index contributed by atoms with van der Waals surface area (Å²) in [5.74, 6) is -1.07. The lowest BCUT2D eigenvalue weighted by Gasteiger charge is -2.00. The van der Waals surface area contributed by atoms with E-state index in [9.17, 15) is 4.79 Å². The van der Waals surface area contributed by atoms with Gasteiger partial charge >= 0.3 is 5.97 Å². The summed E-state index contributed by atoms with van der Waals surface area (Å²) in [6.07, 6.45) is 2.36. The van der Waals surface area contributed by atoms with Crippen LogP contribution in [0, 0.1) is 0 Å². The van der Waals surface area contributed by atoms with E-state index in [1.54, 1.807) is 0 Å². The lowest BCUT2D eigenvalue weighted by Crippen LogP contribution is -1.96. The fourth-order valence-electron chi connectivity index (χ4n) is 1.37. The molecule has 0 saturated heterocycles. The molecule has 0 aliphatic rings. The van der Waals surface area contributed by atoms with Crippen LogP contribution in [0.15, 0.2) is 30.5 Å². The fraction of sp³-hybridized carbons (Fsp3) is 0.182. The van der Waals surface area contributed by atoms with Crippen molar-refractivity contribution in [2.24, 2.45) is 0 Å². The highest BCUT2D eigenvalue weighted by atomic mass is 16.4. The van der Waals surface area contributed by atoms with Gasteiger partial charge in [0.05, 0.1) is 11.9 Å². The van der Waals surface area contributed by atoms with Gasteiger partial charge in [-0.1, -0.05) is 24.3 Å². The first-order valence-electron chi connectivity index (χ1n) is 4.95. The van der Waals surface area contributed by atoms with Gasteiger partial charge in [0.25, 0.3) is 0 Å². The van der Waals surface area contributed by atoms with Crippen molar-refractivity contribution in [3.05, 3.63) is 41.7 Å². The number of carboxylic acid groups (broad SMARTS) is 1. The molecule has 1 heterocycles. The van der Waals surface area contributed by atoms with Crippen molar-refractivity contribution in [2.45, 2.75) is 13.3 Å². The number of aromatic nitrogens is 3. The SMILES string of the molecule is CCc1ccc(-n2cc(C(=O)O)nn2)cc1. The van der Waals surface area contributed by atoms with Crippen LogP contribution in [-0.4, -0.2) is 26.1 Å². The van der Waals surface area contributed by atoms with Gasteiger partial charge in [0, 0.05) is 0 Å². The van der Waals surface area contributed by atoms with Crippen molar-refractivity contribution >= 4 is 5.97 Å². The van der Waals surface area contributed by atoms with Gasteiger partial charge < -0.3 is 5.11 Å². The molecule has 0 fully saturated rings. The first-order valence-corrected chi connectivity index (χ1v) is 4.95. The first-order chi connectivity index (χ1) is 7.70. The summed E-state index contributed by atoms with van der Waals surface area (Å²) in [7, 11) is 0. The van der Waals surface area contributed by atoms with Crippen molar-refractivity contribution in [1.82, 2.24) is 15.0 Å². The zero-order valence-electron chi connectivity index (χ0n) is 8.79. The molecule has 0 radical (unpaired) electrons. The lowest BCUT2D eigenvalue weighted by atomic mass is 10.1. The molecule has 0 saturated carbocycles. The number of carboxylic acids is 1. The number of carbonyl (C=O) groups is 1. The number of hydrogen-bond donors (Lipinski definition) is 1. The maximum atomic E-state index is 10.6. The number of rotatable bonds is 3. The highest BCUT2D eigenvalue weighted by Crippen LogP contribution is 2.09. The predicted molar refractivity (Wildman–Crippen MR) is 57.7 cm³/mol. The van der Waals surface area contributed by atoms with Crippen LogP contribution in [0.25, 0.3) is 5.69 Å². The summed E-state index contributed by atoms with van der Waals surface area (Å²) in [4.78, 5) is 10.6. The second kappa shape index (κ2) is 4.14. The Labute approximate surface area is 92.3 Å². The van der Waals surface area contributed by atoms with Crippen LogP contribution in [0.2, 0.25) is 0 Å². The second-order valence-corrected chi connectivity index (χ2v) is 3.37. The number of hydrogen-bond acceptors (Lipinski definition) is 3. The molecule has 2 rings (SSSR count). The van der Waals surface area contributed by atoms with Gasteiger partial charge in [-0.15, -0.1) is 5.10 Å². The van der Waals surface area contributed by atoms with Crippen LogP contribution in [0.3, 0.4) is 0 Å². The van der Waals surface area contributed by atoms with E-state index in [1.807, 2.05) is 24.3 Å². The summed E-state index contributed by atoms with van der Waals surface area (Å²) in [6, 6.07) is 7.74. The standard InChI is InChI=1S/C11H11N3O2/c1-2-8-3-5-9(6-4-8)14-7-10(11(15)16)12-13-14/h3-7H,2H2,1H3,(H,15,16). The van der Waals surface area contributed by atoms with Crippen LogP contribution >= 0.6 is 0 Å². The molecule has 0 atom stereocenters. The third-order valence-electron chi connectivity index (χ3n) is 2.32. The van der Waals surface area contributed by atoms with Gasteiger partial charge in [-0.25, -0.2) is 9.48 Å². The Morgan fingerprint density at radius 1 is 1.38 bits per heavy atom. The van der Waals surface area contributed by atoms with Gasteiger partial charge in [-0.2, -0.15) is 0 Å². The third-order valence-corrected chi connectivity index (χ3v) is 2.32. The van der Waals surface area contributed by atoms with Crippen LogP contribution < -0.4 is 0 Å². The smallest absolute Gasteiger partial charge is 0.358 e. The maximum absolute atomic E-state index is 10.6. The summed E-state index contributed by atoms with van der Waals surface area (Å²) in [5.41, 5.74) is 1.97. The number of benzene rings is 1. The van der Waals surface area contributed by atoms with Crippen molar-refractivity contribution in [3.8, 4) is 5.69 Å². The van der Waals surface area contributed by atoms with Gasteiger partial charge in [0.2, 0.25) is 0 Å². The first kappa shape index (κ1) is 10.4. The van der Waals surface area contributed by atoms with E-state index in [-0.39, 0.29) is 5.69 Å². The van der Waals surface area contributed by atoms with Gasteiger partial charge in [0.1, 0.15) is 0 Å². The summed E-state index contributed by atoms with van der Waals surface area (Å²) in [6.45, 7) is 2.08. The lowest BCUT2D eigenvalue weighted by molar-refractivity contribution is 0.0690. The maximum Gasteiger partial charge on any atom is 0.358 e. The van der Waals surface area contributed by atoms with Crippen molar-refractivity contribution in [1.29, 1.82) is 0 Å². The molecule has 16 heavy (non-hydrogen) atoms. The molecule has 0 aliphatic carbocycles. The van der Waals surface area contributed by atoms with Gasteiger partial charge in [0.15, 0.2) is 5.69 Å². The molecular weight excluding hydrogens is 206 g/mol. The van der Waals surface area contributed by atoms with Crippen LogP contribution in [0.1, 0.15) is 23.0 Å². The number of nitrogens with zero attached hydrogens (tertiary/aromatic N) is 3. The monoisotopic (exact) mass is 217 g/mol. The summed E-state index contributed by atoms with van der Waals surface area (Å²) >= 11 is 0. The van der Waals surface area contributed by atoms with Crippen LogP contribution in [0.4, 0.5) is 0 Å². The topological polar surface area (TPSA) is 68.0 Å². The Bertz CT molecular complexity index is 502. The molecule has 2 aromatic rings. The molecule has 1 aromatic carbocycles. The largest absolute Gasteiger partial charge is 0.476 e. The fourth-order valence-corrected chi connectivity index (χ4v) is 1.37. The van der Waals surface area contributed by atoms with E-state index in [2.05, 4.69) is 17.2 Å². The minimum absolute atomic E-state index is 0.0560. The molecule has 0 spiro atoms. The normalized spacial score (nSPS) is 10.3. The van der Waals surface area contributed by atoms with Gasteiger partial charge in [-0.05, 0) is 24.1 Å². The van der Waals surface area contributed by atoms with E-state index in [1.165, 1.54) is 16.4 Å². The Morgan fingerprint density at radius 3 is 2.56 bits per heavy atom. The molecule has 1 aromatic heterocycles. The molecule has 5 nitrogen and oxygen atoms in total. The molecule has 5 heteroatoms. The third kappa shape index (κ3) is 1.93. The van der Waals surface area contributed by atoms with Crippen LogP contribution in [0.5, 0.6) is 0 Å². The van der Waals surface area contributed by atoms with E-state index < -0.39 is 5.97 Å². The molecule has 82 valence electrons. The molecule has 0 bridgehead atoms. The minimum atomic E-state index is -1.07. The van der Waals surface area contributed by atoms with Crippen LogP contribution in [-0.2, 0) is 6.42 Å². The Kier molecular flexibility index (Phi) is 2.68. The highest BCUT2D eigenvalue weighted by molar-refractivity contribution is 5.84. The van der Waals surface area contributed by atoms with E-state index >= 15 is 0 Å². The second-order valence-electron chi connectivity index (χ2n) is 3.37. The molecule has 0 amide bonds. The summed E-state index contributed by atoms with van der Waals surface area (Å²) in [5, 5.41) is 16.0. The molecule has 0 unspecified atom stereocenters. The molecule has 1 N–H and O–H groups in total. The Hall–Kier alpha value is -2.17. The average Bonchev–Trinajstić information content (AvgIpc) is 2.78. The Morgan fingerprint density at radius 2 is 2.06 bits per heavy atom. The zero-order chi connectivity index (χ0) is 11.5. The van der Waals surface area contributed by atoms with E-state index in [0.29, 0.717) is 0 Å².